The van der Waals surface area contributed by atoms with Gasteiger partial charge in [0, 0.05) is 0 Å². The zero-order chi connectivity index (χ0) is 16.8. The van der Waals surface area contributed by atoms with Crippen LogP contribution in [-0.4, -0.2) is 30.0 Å². The predicted molar refractivity (Wildman–Crippen MR) is 87.4 cm³/mol. The van der Waals surface area contributed by atoms with E-state index in [0.717, 1.165) is 0 Å². The van der Waals surface area contributed by atoms with E-state index in [1.165, 1.54) is 64.2 Å². The fourth-order valence-corrected chi connectivity index (χ4v) is 3.96. The fraction of sp³-hybridized carbons (Fsp3) is 0.824. The summed E-state index contributed by atoms with van der Waals surface area (Å²) in [6.45, 7) is 2.05. The second kappa shape index (κ2) is 8.35. The fourth-order valence-electron chi connectivity index (χ4n) is 3.96. The van der Waals surface area contributed by atoms with E-state index in [-0.39, 0.29) is 5.88 Å². The molecule has 0 unspecified atom stereocenters. The molecule has 2 saturated carbocycles. The minimum atomic E-state index is -0.636. The van der Waals surface area contributed by atoms with Crippen LogP contribution in [0.4, 0.5) is 5.88 Å². The summed E-state index contributed by atoms with van der Waals surface area (Å²) in [6.07, 6.45) is 13.6. The summed E-state index contributed by atoms with van der Waals surface area (Å²) >= 11 is 0. The topological polar surface area (TPSA) is 77.8 Å². The average Bonchev–Trinajstić information content (AvgIpc) is 3.05. The smallest absolute Gasteiger partial charge is 0.326 e. The van der Waals surface area contributed by atoms with Gasteiger partial charge >= 0.3 is 5.88 Å². The van der Waals surface area contributed by atoms with E-state index < -0.39 is 6.08 Å². The Morgan fingerprint density at radius 3 is 2.33 bits per heavy atom. The molecular weight excluding hydrogens is 308 g/mol. The van der Waals surface area contributed by atoms with Gasteiger partial charge in [-0.25, -0.2) is 0 Å². The Balaban J connectivity index is 1.79. The summed E-state index contributed by atoms with van der Waals surface area (Å²) < 4.78 is 10.1. The highest BCUT2D eigenvalue weighted by Gasteiger charge is 2.37. The van der Waals surface area contributed by atoms with Crippen LogP contribution in [0.3, 0.4) is 0 Å². The van der Waals surface area contributed by atoms with E-state index in [1.807, 2.05) is 0 Å². The molecule has 2 aliphatic carbocycles. The number of aromatic nitrogens is 2. The third kappa shape index (κ3) is 4.19. The van der Waals surface area contributed by atoms with Crippen LogP contribution in [0.25, 0.3) is 0 Å². The highest BCUT2D eigenvalue weighted by Crippen LogP contribution is 2.27. The van der Waals surface area contributed by atoms with E-state index in [4.69, 9.17) is 9.26 Å². The molecule has 1 aromatic heterocycles. The summed E-state index contributed by atoms with van der Waals surface area (Å²) in [5.41, 5.74) is 0. The highest BCUT2D eigenvalue weighted by molar-refractivity contribution is 5.64. The lowest BCUT2D eigenvalue weighted by molar-refractivity contribution is -0.766. The lowest BCUT2D eigenvalue weighted by atomic mass is 9.90. The number of ether oxygens (including phenoxy) is 1. The van der Waals surface area contributed by atoms with Gasteiger partial charge in [0.2, 0.25) is 5.27 Å². The highest BCUT2D eigenvalue weighted by atomic mass is 16.6. The lowest BCUT2D eigenvalue weighted by Crippen LogP contribution is -2.68. The van der Waals surface area contributed by atoms with Crippen molar-refractivity contribution in [1.82, 2.24) is 5.27 Å². The van der Waals surface area contributed by atoms with Crippen LogP contribution >= 0.6 is 0 Å². The second-order valence-corrected chi connectivity index (χ2v) is 6.74. The molecule has 1 heterocycles. The van der Waals surface area contributed by atoms with Crippen LogP contribution in [0.1, 0.15) is 71.1 Å². The molecule has 1 aromatic rings. The van der Waals surface area contributed by atoms with Gasteiger partial charge in [0.1, 0.15) is 0 Å². The monoisotopic (exact) mass is 336 g/mol. The molecule has 2 fully saturated rings. The third-order valence-corrected chi connectivity index (χ3v) is 5.05. The van der Waals surface area contributed by atoms with Crippen LogP contribution in [0.15, 0.2) is 15.7 Å². The minimum Gasteiger partial charge on any atom is -0.600 e. The first kappa shape index (κ1) is 17.0. The molecule has 0 bridgehead atoms. The first-order valence-corrected chi connectivity index (χ1v) is 9.33. The van der Waals surface area contributed by atoms with Crippen molar-refractivity contribution >= 4 is 12.0 Å². The maximum Gasteiger partial charge on any atom is 0.326 e. The second-order valence-electron chi connectivity index (χ2n) is 6.74. The molecule has 0 aromatic carbocycles. The Hall–Kier alpha value is -1.79. The molecule has 134 valence electrons. The van der Waals surface area contributed by atoms with Gasteiger partial charge in [0.15, 0.2) is 6.08 Å². The SMILES string of the molecule is CCOC([O-])=Nc1c[n+](N(C2CCCCC2)C2CCCCC2)no1. The molecule has 7 nitrogen and oxygen atoms in total. The Morgan fingerprint density at radius 2 is 1.79 bits per heavy atom. The Morgan fingerprint density at radius 1 is 1.21 bits per heavy atom. The first-order valence-electron chi connectivity index (χ1n) is 9.33. The number of rotatable bonds is 5. The molecule has 0 amide bonds. The predicted octanol–water partition coefficient (Wildman–Crippen LogP) is 1.95. The number of nitrogens with zero attached hydrogens (tertiary/aromatic N) is 4. The summed E-state index contributed by atoms with van der Waals surface area (Å²) in [6, 6.07) is 0.986. The standard InChI is InChI=1S/C17H28N4O3/c1-2-23-17(22)18-16-13-20(19-24-16)21(14-9-5-3-6-10-14)15-11-7-4-8-12-15/h13-15H,2-12H2,1H3. The maximum atomic E-state index is 11.5. The molecule has 24 heavy (non-hydrogen) atoms. The van der Waals surface area contributed by atoms with Crippen molar-refractivity contribution in [2.45, 2.75) is 83.2 Å². The average molecular weight is 336 g/mol. The quantitative estimate of drug-likeness (QED) is 0.466. The number of hydrogen-bond donors (Lipinski definition) is 0. The van der Waals surface area contributed by atoms with Gasteiger partial charge in [-0.05, 0) is 32.3 Å². The summed E-state index contributed by atoms with van der Waals surface area (Å²) in [5.74, 6) is 0.199. The van der Waals surface area contributed by atoms with E-state index in [1.54, 1.807) is 17.9 Å². The van der Waals surface area contributed by atoms with Crippen molar-refractivity contribution in [3.05, 3.63) is 6.20 Å². The molecule has 0 radical (unpaired) electrons. The van der Waals surface area contributed by atoms with Crippen molar-refractivity contribution in [3.63, 3.8) is 0 Å². The first-order chi connectivity index (χ1) is 11.8. The number of aliphatic imine (C=N–C) groups is 1. The molecule has 0 N–H and O–H groups in total. The molecule has 3 rings (SSSR count). The normalized spacial score (nSPS) is 21.0. The van der Waals surface area contributed by atoms with Crippen LogP contribution in [0.5, 0.6) is 0 Å². The summed E-state index contributed by atoms with van der Waals surface area (Å²) in [7, 11) is 0. The van der Waals surface area contributed by atoms with E-state index >= 15 is 0 Å². The zero-order valence-electron chi connectivity index (χ0n) is 14.5. The summed E-state index contributed by atoms with van der Waals surface area (Å²) in [5, 5.41) is 18.0. The van der Waals surface area contributed by atoms with Gasteiger partial charge in [-0.3, -0.25) is 4.52 Å². The van der Waals surface area contributed by atoms with E-state index in [0.29, 0.717) is 18.7 Å². The van der Waals surface area contributed by atoms with Gasteiger partial charge in [0.05, 0.1) is 16.9 Å². The van der Waals surface area contributed by atoms with Gasteiger partial charge in [-0.2, -0.15) is 4.99 Å². The van der Waals surface area contributed by atoms with Crippen molar-refractivity contribution in [2.24, 2.45) is 4.99 Å². The maximum absolute atomic E-state index is 11.5. The van der Waals surface area contributed by atoms with Crippen molar-refractivity contribution < 1.29 is 19.2 Å². The molecule has 0 saturated heterocycles. The number of hydrogen-bond acceptors (Lipinski definition) is 6. The van der Waals surface area contributed by atoms with E-state index in [9.17, 15) is 5.11 Å². The van der Waals surface area contributed by atoms with Crippen LogP contribution in [-0.2, 0) is 4.74 Å². The van der Waals surface area contributed by atoms with Crippen LogP contribution < -0.4 is 14.9 Å². The molecule has 0 aliphatic heterocycles. The lowest BCUT2D eigenvalue weighted by Gasteiger charge is -2.35. The van der Waals surface area contributed by atoms with Gasteiger partial charge < -0.3 is 9.84 Å². The van der Waals surface area contributed by atoms with Crippen LogP contribution in [0, 0.1) is 0 Å². The van der Waals surface area contributed by atoms with Gasteiger partial charge in [-0.15, -0.1) is 5.01 Å². The third-order valence-electron chi connectivity index (χ3n) is 5.05. The van der Waals surface area contributed by atoms with Crippen molar-refractivity contribution in [2.75, 3.05) is 11.6 Å². The van der Waals surface area contributed by atoms with Gasteiger partial charge in [-0.1, -0.05) is 45.4 Å². The van der Waals surface area contributed by atoms with Crippen LogP contribution in [0.2, 0.25) is 0 Å². The molecular formula is C17H28N4O3. The Bertz CT molecular complexity index is 516. The molecule has 7 heteroatoms. The molecule has 0 atom stereocenters. The largest absolute Gasteiger partial charge is 0.600 e. The van der Waals surface area contributed by atoms with Gasteiger partial charge in [0.25, 0.3) is 6.20 Å². The van der Waals surface area contributed by atoms with Crippen molar-refractivity contribution in [1.29, 1.82) is 0 Å². The molecule has 2 aliphatic rings. The Kier molecular flexibility index (Phi) is 5.93. The zero-order valence-corrected chi connectivity index (χ0v) is 14.5. The van der Waals surface area contributed by atoms with E-state index in [2.05, 4.69) is 15.3 Å². The molecule has 0 spiro atoms. The van der Waals surface area contributed by atoms with Crippen molar-refractivity contribution in [3.8, 4) is 0 Å². The Labute approximate surface area is 143 Å². The minimum absolute atomic E-state index is 0.199. The summed E-state index contributed by atoms with van der Waals surface area (Å²) in [4.78, 5) is 5.59.